The summed E-state index contributed by atoms with van der Waals surface area (Å²) in [4.78, 5) is 4.84. The van der Waals surface area contributed by atoms with Gasteiger partial charge in [0.05, 0.1) is 12.2 Å². The van der Waals surface area contributed by atoms with Gasteiger partial charge in [0, 0.05) is 26.1 Å². The molecule has 0 N–H and O–H groups in total. The van der Waals surface area contributed by atoms with Crippen LogP contribution < -0.4 is 4.90 Å². The summed E-state index contributed by atoms with van der Waals surface area (Å²) in [6.07, 6.45) is 6.28. The van der Waals surface area contributed by atoms with Crippen LogP contribution in [0.15, 0.2) is 12.1 Å². The number of anilines is 1. The maximum absolute atomic E-state index is 4.57. The number of nitrogens with zero attached hydrogens (tertiary/aromatic N) is 7. The van der Waals surface area contributed by atoms with Crippen molar-refractivity contribution in [3.8, 4) is 0 Å². The standard InChI is InChI=1S/C19H29N7/c1-15-8-9-17(21-20-15)26-12-6-7-16(13-26)19-23-22-18(24(19)2)14-25-10-4-3-5-11-25/h8-9,16H,3-7,10-14H2,1-2H3. The lowest BCUT2D eigenvalue weighted by atomic mass is 9.97. The van der Waals surface area contributed by atoms with E-state index in [9.17, 15) is 0 Å². The molecule has 4 rings (SSSR count). The fourth-order valence-corrected chi connectivity index (χ4v) is 4.14. The Morgan fingerprint density at radius 3 is 2.58 bits per heavy atom. The van der Waals surface area contributed by atoms with Crippen molar-refractivity contribution in [1.82, 2.24) is 29.9 Å². The third kappa shape index (κ3) is 3.72. The molecular formula is C19H29N7. The monoisotopic (exact) mass is 355 g/mol. The molecule has 0 radical (unpaired) electrons. The molecule has 0 amide bonds. The smallest absolute Gasteiger partial charge is 0.151 e. The lowest BCUT2D eigenvalue weighted by molar-refractivity contribution is 0.213. The topological polar surface area (TPSA) is 63.0 Å². The number of piperidine rings is 2. The molecule has 2 aromatic rings. The van der Waals surface area contributed by atoms with Gasteiger partial charge in [-0.25, -0.2) is 0 Å². The predicted octanol–water partition coefficient (Wildman–Crippen LogP) is 2.28. The lowest BCUT2D eigenvalue weighted by Crippen LogP contribution is -2.36. The first kappa shape index (κ1) is 17.4. The molecule has 2 aromatic heterocycles. The second-order valence-electron chi connectivity index (χ2n) is 7.69. The zero-order valence-electron chi connectivity index (χ0n) is 15.9. The average Bonchev–Trinajstić information content (AvgIpc) is 3.04. The number of hydrogen-bond acceptors (Lipinski definition) is 6. The molecule has 0 saturated carbocycles. The number of aromatic nitrogens is 5. The van der Waals surface area contributed by atoms with E-state index in [4.69, 9.17) is 0 Å². The average molecular weight is 355 g/mol. The second kappa shape index (κ2) is 7.70. The number of aryl methyl sites for hydroxylation is 1. The van der Waals surface area contributed by atoms with E-state index in [0.717, 1.165) is 55.6 Å². The Balaban J connectivity index is 1.45. The summed E-state index contributed by atoms with van der Waals surface area (Å²) in [5, 5.41) is 17.7. The molecule has 26 heavy (non-hydrogen) atoms. The Hall–Kier alpha value is -2.02. The van der Waals surface area contributed by atoms with Crippen LogP contribution in [0.1, 0.15) is 55.4 Å². The molecular weight excluding hydrogens is 326 g/mol. The van der Waals surface area contributed by atoms with Crippen LogP contribution in [0.25, 0.3) is 0 Å². The summed E-state index contributed by atoms with van der Waals surface area (Å²) in [6, 6.07) is 4.11. The van der Waals surface area contributed by atoms with Gasteiger partial charge in [-0.15, -0.1) is 15.3 Å². The van der Waals surface area contributed by atoms with Gasteiger partial charge < -0.3 is 9.47 Å². The van der Waals surface area contributed by atoms with Crippen LogP contribution in [-0.4, -0.2) is 56.0 Å². The van der Waals surface area contributed by atoms with Crippen molar-refractivity contribution in [3.63, 3.8) is 0 Å². The highest BCUT2D eigenvalue weighted by atomic mass is 15.3. The highest BCUT2D eigenvalue weighted by Gasteiger charge is 2.27. The molecule has 1 unspecified atom stereocenters. The second-order valence-corrected chi connectivity index (χ2v) is 7.69. The maximum atomic E-state index is 4.57. The van der Waals surface area contributed by atoms with Gasteiger partial charge >= 0.3 is 0 Å². The van der Waals surface area contributed by atoms with Gasteiger partial charge in [-0.3, -0.25) is 4.90 Å². The third-order valence-corrected chi connectivity index (χ3v) is 5.71. The van der Waals surface area contributed by atoms with Crippen molar-refractivity contribution >= 4 is 5.82 Å². The molecule has 0 spiro atoms. The van der Waals surface area contributed by atoms with Crippen LogP contribution in [0.5, 0.6) is 0 Å². The number of rotatable bonds is 4. The molecule has 1 atom stereocenters. The van der Waals surface area contributed by atoms with E-state index in [1.54, 1.807) is 0 Å². The van der Waals surface area contributed by atoms with E-state index in [1.807, 2.05) is 13.0 Å². The molecule has 7 nitrogen and oxygen atoms in total. The number of hydrogen-bond donors (Lipinski definition) is 0. The molecule has 0 aliphatic carbocycles. The predicted molar refractivity (Wildman–Crippen MR) is 101 cm³/mol. The molecule has 2 aliphatic rings. The van der Waals surface area contributed by atoms with Gasteiger partial charge in [0.1, 0.15) is 11.6 Å². The molecule has 0 bridgehead atoms. The van der Waals surface area contributed by atoms with Gasteiger partial charge in [0.15, 0.2) is 5.82 Å². The summed E-state index contributed by atoms with van der Waals surface area (Å²) in [5.74, 6) is 3.58. The Labute approximate surface area is 155 Å². The van der Waals surface area contributed by atoms with E-state index >= 15 is 0 Å². The molecule has 0 aromatic carbocycles. The van der Waals surface area contributed by atoms with Gasteiger partial charge in [0.2, 0.25) is 0 Å². The summed E-state index contributed by atoms with van der Waals surface area (Å²) in [7, 11) is 2.12. The highest BCUT2D eigenvalue weighted by molar-refractivity contribution is 5.38. The zero-order chi connectivity index (χ0) is 17.9. The first-order valence-electron chi connectivity index (χ1n) is 9.86. The molecule has 2 saturated heterocycles. The van der Waals surface area contributed by atoms with Gasteiger partial charge in [-0.1, -0.05) is 6.42 Å². The van der Waals surface area contributed by atoms with Crippen molar-refractivity contribution < 1.29 is 0 Å². The van der Waals surface area contributed by atoms with Gasteiger partial charge in [-0.2, -0.15) is 5.10 Å². The van der Waals surface area contributed by atoms with E-state index in [0.29, 0.717) is 5.92 Å². The zero-order valence-corrected chi connectivity index (χ0v) is 15.9. The normalized spacial score (nSPS) is 21.9. The SMILES string of the molecule is Cc1ccc(N2CCCC(c3nnc(CN4CCCCC4)n3C)C2)nn1. The first-order chi connectivity index (χ1) is 12.7. The largest absolute Gasteiger partial charge is 0.354 e. The highest BCUT2D eigenvalue weighted by Crippen LogP contribution is 2.28. The quantitative estimate of drug-likeness (QED) is 0.838. The van der Waals surface area contributed by atoms with E-state index in [2.05, 4.69) is 47.9 Å². The minimum atomic E-state index is 0.402. The van der Waals surface area contributed by atoms with Crippen molar-refractivity contribution in [2.24, 2.45) is 7.05 Å². The minimum Gasteiger partial charge on any atom is -0.354 e. The van der Waals surface area contributed by atoms with Crippen LogP contribution in [-0.2, 0) is 13.6 Å². The van der Waals surface area contributed by atoms with Crippen molar-refractivity contribution in [3.05, 3.63) is 29.5 Å². The fraction of sp³-hybridized carbons (Fsp3) is 0.684. The van der Waals surface area contributed by atoms with Crippen LogP contribution in [0.2, 0.25) is 0 Å². The van der Waals surface area contributed by atoms with Crippen LogP contribution in [0.4, 0.5) is 5.82 Å². The summed E-state index contributed by atoms with van der Waals surface area (Å²) in [6.45, 7) is 7.24. The Bertz CT molecular complexity index is 718. The minimum absolute atomic E-state index is 0.402. The van der Waals surface area contributed by atoms with Crippen molar-refractivity contribution in [2.75, 3.05) is 31.1 Å². The maximum Gasteiger partial charge on any atom is 0.151 e. The molecule has 140 valence electrons. The molecule has 7 heteroatoms. The Kier molecular flexibility index (Phi) is 5.15. The van der Waals surface area contributed by atoms with Crippen LogP contribution >= 0.6 is 0 Å². The third-order valence-electron chi connectivity index (χ3n) is 5.71. The van der Waals surface area contributed by atoms with Crippen molar-refractivity contribution in [1.29, 1.82) is 0 Å². The number of likely N-dealkylation sites (tertiary alicyclic amines) is 1. The van der Waals surface area contributed by atoms with Crippen molar-refractivity contribution in [2.45, 2.75) is 51.5 Å². The van der Waals surface area contributed by atoms with E-state index in [1.165, 1.54) is 32.4 Å². The van der Waals surface area contributed by atoms with Crippen LogP contribution in [0, 0.1) is 6.92 Å². The van der Waals surface area contributed by atoms with E-state index in [-0.39, 0.29) is 0 Å². The molecule has 2 aliphatic heterocycles. The lowest BCUT2D eigenvalue weighted by Gasteiger charge is -2.32. The van der Waals surface area contributed by atoms with Gasteiger partial charge in [0.25, 0.3) is 0 Å². The first-order valence-corrected chi connectivity index (χ1v) is 9.86. The van der Waals surface area contributed by atoms with E-state index < -0.39 is 0 Å². The molecule has 4 heterocycles. The summed E-state index contributed by atoms with van der Waals surface area (Å²) >= 11 is 0. The fourth-order valence-electron chi connectivity index (χ4n) is 4.14. The molecule has 2 fully saturated rings. The summed E-state index contributed by atoms with van der Waals surface area (Å²) < 4.78 is 2.23. The Morgan fingerprint density at radius 1 is 0.962 bits per heavy atom. The van der Waals surface area contributed by atoms with Gasteiger partial charge in [-0.05, 0) is 57.8 Å². The Morgan fingerprint density at radius 2 is 1.81 bits per heavy atom. The summed E-state index contributed by atoms with van der Waals surface area (Å²) in [5.41, 5.74) is 0.956. The van der Waals surface area contributed by atoms with Crippen LogP contribution in [0.3, 0.4) is 0 Å².